The van der Waals surface area contributed by atoms with E-state index in [1.54, 1.807) is 0 Å². The molecule has 1 saturated heterocycles. The summed E-state index contributed by atoms with van der Waals surface area (Å²) in [5, 5.41) is 10.6. The summed E-state index contributed by atoms with van der Waals surface area (Å²) < 4.78 is 0. The average molecular weight is 343 g/mol. The highest BCUT2D eigenvalue weighted by molar-refractivity contribution is 5.90. The number of aromatic nitrogens is 1. The van der Waals surface area contributed by atoms with Crippen LogP contribution in [0.2, 0.25) is 0 Å². The molecule has 1 aliphatic rings. The number of nitrogens with zero attached hydrogens (tertiary/aromatic N) is 2. The smallest absolute Gasteiger partial charge is 0.227 e. The van der Waals surface area contributed by atoms with Crippen LogP contribution in [0.3, 0.4) is 0 Å². The average Bonchev–Trinajstić information content (AvgIpc) is 3.06. The van der Waals surface area contributed by atoms with Gasteiger partial charge >= 0.3 is 0 Å². The predicted molar refractivity (Wildman–Crippen MR) is 101 cm³/mol. The first-order chi connectivity index (χ1) is 12.2. The van der Waals surface area contributed by atoms with E-state index in [0.717, 1.165) is 55.5 Å². The molecule has 0 spiro atoms. The summed E-state index contributed by atoms with van der Waals surface area (Å²) in [6, 6.07) is 6.52. The van der Waals surface area contributed by atoms with E-state index in [0.29, 0.717) is 6.42 Å². The maximum absolute atomic E-state index is 12.7. The molecular formula is C20H29N3O2. The molecule has 1 aromatic heterocycles. The zero-order chi connectivity index (χ0) is 17.8. The van der Waals surface area contributed by atoms with Crippen LogP contribution in [-0.4, -0.2) is 64.6 Å². The summed E-state index contributed by atoms with van der Waals surface area (Å²) in [5.41, 5.74) is 3.53. The maximum Gasteiger partial charge on any atom is 0.227 e. The highest BCUT2D eigenvalue weighted by atomic mass is 16.3. The minimum absolute atomic E-state index is 0.194. The number of hydrogen-bond donors (Lipinski definition) is 2. The van der Waals surface area contributed by atoms with Crippen LogP contribution >= 0.6 is 0 Å². The van der Waals surface area contributed by atoms with E-state index in [2.05, 4.69) is 41.9 Å². The molecule has 2 N–H and O–H groups in total. The van der Waals surface area contributed by atoms with E-state index < -0.39 is 0 Å². The number of fused-ring (bicyclic) bond motifs is 1. The predicted octanol–water partition coefficient (Wildman–Crippen LogP) is 2.19. The SMILES string of the molecule is CCc1cccc2c(CC(=O)N3CCN(C(CC)CO)CC3)c[nH]c12. The van der Waals surface area contributed by atoms with Gasteiger partial charge < -0.3 is 15.0 Å². The van der Waals surface area contributed by atoms with E-state index in [1.807, 2.05) is 11.1 Å². The third-order valence-corrected chi connectivity index (χ3v) is 5.48. The van der Waals surface area contributed by atoms with E-state index in [1.165, 1.54) is 5.56 Å². The van der Waals surface area contributed by atoms with Gasteiger partial charge in [0.1, 0.15) is 0 Å². The molecule has 1 aromatic carbocycles. The van der Waals surface area contributed by atoms with Crippen LogP contribution in [0.4, 0.5) is 0 Å². The number of amides is 1. The van der Waals surface area contributed by atoms with Gasteiger partial charge in [0.2, 0.25) is 5.91 Å². The van der Waals surface area contributed by atoms with Gasteiger partial charge in [-0.1, -0.05) is 32.0 Å². The van der Waals surface area contributed by atoms with Crippen molar-refractivity contribution in [1.82, 2.24) is 14.8 Å². The standard InChI is InChI=1S/C20H29N3O2/c1-3-15-6-5-7-18-16(13-21-20(15)18)12-19(25)23-10-8-22(9-11-23)17(4-2)14-24/h5-7,13,17,21,24H,3-4,8-12,14H2,1-2H3. The number of carbonyl (C=O) groups is 1. The number of hydrogen-bond acceptors (Lipinski definition) is 3. The second-order valence-corrected chi connectivity index (χ2v) is 6.85. The molecule has 0 aliphatic carbocycles. The molecule has 1 aliphatic heterocycles. The minimum atomic E-state index is 0.194. The van der Waals surface area contributed by atoms with Gasteiger partial charge in [0.05, 0.1) is 13.0 Å². The topological polar surface area (TPSA) is 59.6 Å². The number of aliphatic hydroxyl groups is 1. The molecule has 1 fully saturated rings. The number of para-hydroxylation sites is 1. The number of H-pyrrole nitrogens is 1. The minimum Gasteiger partial charge on any atom is -0.395 e. The molecular weight excluding hydrogens is 314 g/mol. The Morgan fingerprint density at radius 2 is 1.96 bits per heavy atom. The highest BCUT2D eigenvalue weighted by Crippen LogP contribution is 2.23. The molecule has 3 rings (SSSR count). The molecule has 5 nitrogen and oxygen atoms in total. The lowest BCUT2D eigenvalue weighted by molar-refractivity contribution is -0.132. The van der Waals surface area contributed by atoms with E-state index in [9.17, 15) is 9.90 Å². The van der Waals surface area contributed by atoms with Crippen molar-refractivity contribution in [1.29, 1.82) is 0 Å². The fraction of sp³-hybridized carbons (Fsp3) is 0.550. The molecule has 5 heteroatoms. The van der Waals surface area contributed by atoms with Gasteiger partial charge in [-0.15, -0.1) is 0 Å². The third kappa shape index (κ3) is 3.72. The second-order valence-electron chi connectivity index (χ2n) is 6.85. The number of nitrogens with one attached hydrogen (secondary N) is 1. The van der Waals surface area contributed by atoms with Crippen molar-refractivity contribution in [2.75, 3.05) is 32.8 Å². The largest absolute Gasteiger partial charge is 0.395 e. The van der Waals surface area contributed by atoms with Crippen LogP contribution in [0.15, 0.2) is 24.4 Å². The lowest BCUT2D eigenvalue weighted by Gasteiger charge is -2.38. The molecule has 1 unspecified atom stereocenters. The van der Waals surface area contributed by atoms with Crippen molar-refractivity contribution in [3.63, 3.8) is 0 Å². The second kappa shape index (κ2) is 8.02. The van der Waals surface area contributed by atoms with E-state index in [4.69, 9.17) is 0 Å². The molecule has 1 amide bonds. The Balaban J connectivity index is 1.64. The van der Waals surface area contributed by atoms with Crippen LogP contribution in [-0.2, 0) is 17.6 Å². The van der Waals surface area contributed by atoms with Crippen molar-refractivity contribution in [2.45, 2.75) is 39.2 Å². The normalized spacial score (nSPS) is 17.2. The van der Waals surface area contributed by atoms with Crippen molar-refractivity contribution >= 4 is 16.8 Å². The number of aliphatic hydroxyl groups excluding tert-OH is 1. The summed E-state index contributed by atoms with van der Waals surface area (Å²) >= 11 is 0. The van der Waals surface area contributed by atoms with Crippen molar-refractivity contribution < 1.29 is 9.90 Å². The maximum atomic E-state index is 12.7. The highest BCUT2D eigenvalue weighted by Gasteiger charge is 2.25. The Hall–Kier alpha value is -1.85. The van der Waals surface area contributed by atoms with E-state index >= 15 is 0 Å². The molecule has 2 aromatic rings. The Bertz CT molecular complexity index is 713. The van der Waals surface area contributed by atoms with Crippen LogP contribution in [0.5, 0.6) is 0 Å². The van der Waals surface area contributed by atoms with Crippen LogP contribution in [0, 0.1) is 0 Å². The van der Waals surface area contributed by atoms with Gasteiger partial charge in [0.15, 0.2) is 0 Å². The molecule has 0 saturated carbocycles. The first-order valence-electron chi connectivity index (χ1n) is 9.38. The number of aryl methyl sites for hydroxylation is 1. The van der Waals surface area contributed by atoms with Gasteiger partial charge in [-0.05, 0) is 24.0 Å². The fourth-order valence-electron chi connectivity index (χ4n) is 3.83. The first kappa shape index (κ1) is 18.0. The Labute approximate surface area is 149 Å². The summed E-state index contributed by atoms with van der Waals surface area (Å²) in [5.74, 6) is 0.194. The molecule has 25 heavy (non-hydrogen) atoms. The zero-order valence-corrected chi connectivity index (χ0v) is 15.3. The Morgan fingerprint density at radius 1 is 1.20 bits per heavy atom. The van der Waals surface area contributed by atoms with E-state index in [-0.39, 0.29) is 18.6 Å². The molecule has 2 heterocycles. The van der Waals surface area contributed by atoms with Gasteiger partial charge in [-0.2, -0.15) is 0 Å². The number of aromatic amines is 1. The van der Waals surface area contributed by atoms with Crippen LogP contribution in [0.1, 0.15) is 31.4 Å². The van der Waals surface area contributed by atoms with Gasteiger partial charge in [0, 0.05) is 49.3 Å². The van der Waals surface area contributed by atoms with Crippen LogP contribution in [0.25, 0.3) is 10.9 Å². The summed E-state index contributed by atoms with van der Waals surface area (Å²) in [7, 11) is 0. The first-order valence-corrected chi connectivity index (χ1v) is 9.38. The molecule has 1 atom stereocenters. The zero-order valence-electron chi connectivity index (χ0n) is 15.3. The van der Waals surface area contributed by atoms with Gasteiger partial charge in [-0.25, -0.2) is 0 Å². The summed E-state index contributed by atoms with van der Waals surface area (Å²) in [6.45, 7) is 7.63. The Morgan fingerprint density at radius 3 is 2.60 bits per heavy atom. The fourth-order valence-corrected chi connectivity index (χ4v) is 3.83. The number of carbonyl (C=O) groups excluding carboxylic acids is 1. The van der Waals surface area contributed by atoms with Crippen molar-refractivity contribution in [2.24, 2.45) is 0 Å². The van der Waals surface area contributed by atoms with Crippen molar-refractivity contribution in [3.8, 4) is 0 Å². The number of benzene rings is 1. The monoisotopic (exact) mass is 343 g/mol. The molecule has 136 valence electrons. The summed E-state index contributed by atoms with van der Waals surface area (Å²) in [6.07, 6.45) is 4.36. The third-order valence-electron chi connectivity index (χ3n) is 5.48. The van der Waals surface area contributed by atoms with Gasteiger partial charge in [-0.3, -0.25) is 9.69 Å². The lowest BCUT2D eigenvalue weighted by atomic mass is 10.0. The molecule has 0 bridgehead atoms. The lowest BCUT2D eigenvalue weighted by Crippen LogP contribution is -2.53. The van der Waals surface area contributed by atoms with Crippen LogP contribution < -0.4 is 0 Å². The quantitative estimate of drug-likeness (QED) is 0.845. The number of piperazine rings is 1. The van der Waals surface area contributed by atoms with Gasteiger partial charge in [0.25, 0.3) is 0 Å². The van der Waals surface area contributed by atoms with Crippen molar-refractivity contribution in [3.05, 3.63) is 35.5 Å². The molecule has 0 radical (unpaired) electrons. The summed E-state index contributed by atoms with van der Waals surface area (Å²) in [4.78, 5) is 20.3. The Kier molecular flexibility index (Phi) is 5.76. The number of rotatable bonds is 6.